The number of rotatable bonds is 6. The zero-order valence-electron chi connectivity index (χ0n) is 10.2. The highest BCUT2D eigenvalue weighted by Crippen LogP contribution is 2.29. The van der Waals surface area contributed by atoms with Crippen LogP contribution in [0.2, 0.25) is 0 Å². The minimum atomic E-state index is -0.664. The van der Waals surface area contributed by atoms with Crippen LogP contribution in [0.15, 0.2) is 18.2 Å². The van der Waals surface area contributed by atoms with Crippen LogP contribution < -0.4 is 4.74 Å². The van der Waals surface area contributed by atoms with E-state index in [0.29, 0.717) is 13.0 Å². The largest absolute Gasteiger partial charge is 0.487 e. The SMILES string of the molecule is CCOc1ccc(C(=O)C(Cl)CC)cc1[N+](=O)[O-]. The van der Waals surface area contributed by atoms with Crippen molar-refractivity contribution in [3.8, 4) is 5.75 Å². The smallest absolute Gasteiger partial charge is 0.311 e. The molecule has 0 amide bonds. The fraction of sp³-hybridized carbons (Fsp3) is 0.417. The average Bonchev–Trinajstić information content (AvgIpc) is 2.37. The normalized spacial score (nSPS) is 11.9. The third-order valence-electron chi connectivity index (χ3n) is 2.38. The van der Waals surface area contributed by atoms with Gasteiger partial charge in [-0.3, -0.25) is 14.9 Å². The predicted octanol–water partition coefficient (Wildman–Crippen LogP) is 3.19. The van der Waals surface area contributed by atoms with E-state index in [1.807, 2.05) is 0 Å². The zero-order valence-corrected chi connectivity index (χ0v) is 10.9. The molecule has 0 spiro atoms. The lowest BCUT2D eigenvalue weighted by atomic mass is 10.1. The summed E-state index contributed by atoms with van der Waals surface area (Å²) < 4.78 is 5.13. The van der Waals surface area contributed by atoms with E-state index in [9.17, 15) is 14.9 Å². The number of nitro groups is 1. The van der Waals surface area contributed by atoms with E-state index in [1.165, 1.54) is 18.2 Å². The summed E-state index contributed by atoms with van der Waals surface area (Å²) in [7, 11) is 0. The van der Waals surface area contributed by atoms with Crippen LogP contribution in [-0.4, -0.2) is 22.7 Å². The minimum Gasteiger partial charge on any atom is -0.487 e. The summed E-state index contributed by atoms with van der Waals surface area (Å²) in [5, 5.41) is 10.2. The van der Waals surface area contributed by atoms with E-state index in [0.717, 1.165) is 0 Å². The van der Waals surface area contributed by atoms with Gasteiger partial charge in [-0.25, -0.2) is 0 Å². The Morgan fingerprint density at radius 2 is 2.17 bits per heavy atom. The zero-order chi connectivity index (χ0) is 13.7. The molecule has 0 fully saturated rings. The van der Waals surface area contributed by atoms with Crippen molar-refractivity contribution in [3.63, 3.8) is 0 Å². The predicted molar refractivity (Wildman–Crippen MR) is 68.5 cm³/mol. The van der Waals surface area contributed by atoms with Crippen molar-refractivity contribution >= 4 is 23.1 Å². The lowest BCUT2D eigenvalue weighted by molar-refractivity contribution is -0.385. The van der Waals surface area contributed by atoms with Crippen LogP contribution in [0, 0.1) is 10.1 Å². The molecule has 0 radical (unpaired) electrons. The van der Waals surface area contributed by atoms with E-state index >= 15 is 0 Å². The molecule has 6 heteroatoms. The van der Waals surface area contributed by atoms with Gasteiger partial charge < -0.3 is 4.74 Å². The van der Waals surface area contributed by atoms with Crippen molar-refractivity contribution < 1.29 is 14.5 Å². The molecule has 1 unspecified atom stereocenters. The van der Waals surface area contributed by atoms with Crippen LogP contribution in [0.25, 0.3) is 0 Å². The quantitative estimate of drug-likeness (QED) is 0.345. The number of carbonyl (C=O) groups is 1. The lowest BCUT2D eigenvalue weighted by Gasteiger charge is -2.08. The fourth-order valence-electron chi connectivity index (χ4n) is 1.46. The highest BCUT2D eigenvalue weighted by Gasteiger charge is 2.21. The van der Waals surface area contributed by atoms with Crippen LogP contribution in [0.4, 0.5) is 5.69 Å². The molecule has 98 valence electrons. The van der Waals surface area contributed by atoms with E-state index in [-0.39, 0.29) is 22.8 Å². The Morgan fingerprint density at radius 3 is 2.67 bits per heavy atom. The highest BCUT2D eigenvalue weighted by atomic mass is 35.5. The van der Waals surface area contributed by atoms with E-state index in [4.69, 9.17) is 16.3 Å². The first-order valence-corrected chi connectivity index (χ1v) is 6.04. The molecule has 1 aromatic rings. The summed E-state index contributed by atoms with van der Waals surface area (Å²) in [6.07, 6.45) is 0.474. The molecule has 0 bridgehead atoms. The molecule has 5 nitrogen and oxygen atoms in total. The van der Waals surface area contributed by atoms with Crippen LogP contribution >= 0.6 is 11.6 Å². The third kappa shape index (κ3) is 3.20. The van der Waals surface area contributed by atoms with E-state index < -0.39 is 10.3 Å². The Kier molecular flexibility index (Phi) is 5.09. The summed E-state index contributed by atoms with van der Waals surface area (Å²) in [5.41, 5.74) is 0.00896. The summed E-state index contributed by atoms with van der Waals surface area (Å²) >= 11 is 5.83. The molecule has 0 aliphatic heterocycles. The standard InChI is InChI=1S/C12H14ClNO4/c1-3-9(13)12(15)8-5-6-11(18-4-2)10(7-8)14(16)17/h5-7,9H,3-4H2,1-2H3. The van der Waals surface area contributed by atoms with Gasteiger partial charge in [0, 0.05) is 11.6 Å². The Morgan fingerprint density at radius 1 is 1.50 bits per heavy atom. The first-order valence-electron chi connectivity index (χ1n) is 5.60. The number of hydrogen-bond donors (Lipinski definition) is 0. The van der Waals surface area contributed by atoms with E-state index in [2.05, 4.69) is 0 Å². The summed E-state index contributed by atoms with van der Waals surface area (Å²) in [6.45, 7) is 3.83. The number of benzene rings is 1. The van der Waals surface area contributed by atoms with Gasteiger partial charge in [-0.2, -0.15) is 0 Å². The number of nitrogens with zero attached hydrogens (tertiary/aromatic N) is 1. The first-order chi connectivity index (χ1) is 8.51. The molecule has 0 heterocycles. The minimum absolute atomic E-state index is 0.154. The van der Waals surface area contributed by atoms with Gasteiger partial charge >= 0.3 is 5.69 Å². The number of alkyl halides is 1. The topological polar surface area (TPSA) is 69.4 Å². The summed E-state index contributed by atoms with van der Waals surface area (Å²) in [5.74, 6) is -0.160. The molecule has 1 rings (SSSR count). The molecule has 0 N–H and O–H groups in total. The average molecular weight is 272 g/mol. The maximum atomic E-state index is 11.8. The summed E-state index contributed by atoms with van der Waals surface area (Å²) in [6, 6.07) is 4.12. The van der Waals surface area contributed by atoms with Crippen molar-refractivity contribution in [1.82, 2.24) is 0 Å². The molecular weight excluding hydrogens is 258 g/mol. The Balaban J connectivity index is 3.14. The van der Waals surface area contributed by atoms with Crippen molar-refractivity contribution in [2.24, 2.45) is 0 Å². The highest BCUT2D eigenvalue weighted by molar-refractivity contribution is 6.33. The molecule has 18 heavy (non-hydrogen) atoms. The molecular formula is C12H14ClNO4. The third-order valence-corrected chi connectivity index (χ3v) is 2.89. The molecule has 1 atom stereocenters. The lowest BCUT2D eigenvalue weighted by Crippen LogP contribution is -2.13. The van der Waals surface area contributed by atoms with Crippen molar-refractivity contribution in [3.05, 3.63) is 33.9 Å². The second kappa shape index (κ2) is 6.35. The van der Waals surface area contributed by atoms with Gasteiger partial charge in [-0.15, -0.1) is 11.6 Å². The van der Waals surface area contributed by atoms with Gasteiger partial charge in [0.05, 0.1) is 16.9 Å². The number of ketones is 1. The number of halogens is 1. The van der Waals surface area contributed by atoms with Gasteiger partial charge in [0.15, 0.2) is 11.5 Å². The van der Waals surface area contributed by atoms with Crippen LogP contribution in [0.1, 0.15) is 30.6 Å². The molecule has 0 aliphatic carbocycles. The molecule has 0 saturated carbocycles. The van der Waals surface area contributed by atoms with Crippen molar-refractivity contribution in [1.29, 1.82) is 0 Å². The van der Waals surface area contributed by atoms with Crippen LogP contribution in [0.5, 0.6) is 5.75 Å². The first kappa shape index (κ1) is 14.4. The number of nitro benzene ring substituents is 1. The second-order valence-corrected chi connectivity index (χ2v) is 4.14. The molecule has 0 aromatic heterocycles. The van der Waals surface area contributed by atoms with Crippen LogP contribution in [-0.2, 0) is 0 Å². The van der Waals surface area contributed by atoms with E-state index in [1.54, 1.807) is 13.8 Å². The summed E-state index contributed by atoms with van der Waals surface area (Å²) in [4.78, 5) is 22.1. The number of carbonyl (C=O) groups excluding carboxylic acids is 1. The number of ether oxygens (including phenoxy) is 1. The molecule has 1 aromatic carbocycles. The maximum absolute atomic E-state index is 11.8. The van der Waals surface area contributed by atoms with Gasteiger partial charge in [0.25, 0.3) is 0 Å². The van der Waals surface area contributed by atoms with Crippen LogP contribution in [0.3, 0.4) is 0 Å². The monoisotopic (exact) mass is 271 g/mol. The number of Topliss-reactive ketones (excluding diaryl/α,β-unsaturated/α-hetero) is 1. The molecule has 0 aliphatic rings. The Labute approximate surface area is 110 Å². The van der Waals surface area contributed by atoms with Gasteiger partial charge in [-0.05, 0) is 25.5 Å². The Bertz CT molecular complexity index is 461. The van der Waals surface area contributed by atoms with Gasteiger partial charge in [0.1, 0.15) is 0 Å². The molecule has 0 saturated heterocycles. The van der Waals surface area contributed by atoms with Gasteiger partial charge in [0.2, 0.25) is 0 Å². The maximum Gasteiger partial charge on any atom is 0.311 e. The van der Waals surface area contributed by atoms with Crippen molar-refractivity contribution in [2.75, 3.05) is 6.61 Å². The Hall–Kier alpha value is -1.62. The second-order valence-electron chi connectivity index (χ2n) is 3.61. The van der Waals surface area contributed by atoms with Gasteiger partial charge in [-0.1, -0.05) is 6.92 Å². The number of hydrogen-bond acceptors (Lipinski definition) is 4. The fourth-order valence-corrected chi connectivity index (χ4v) is 1.58. The van der Waals surface area contributed by atoms with Crippen molar-refractivity contribution in [2.45, 2.75) is 25.6 Å².